The van der Waals surface area contributed by atoms with E-state index in [1.165, 1.54) is 6.07 Å². The average molecular weight is 301 g/mol. The zero-order valence-electron chi connectivity index (χ0n) is 10.6. The van der Waals surface area contributed by atoms with Crippen LogP contribution in [0.1, 0.15) is 16.8 Å². The van der Waals surface area contributed by atoms with Crippen LogP contribution in [0.5, 0.6) is 0 Å². The summed E-state index contributed by atoms with van der Waals surface area (Å²) in [7, 11) is 0. The van der Waals surface area contributed by atoms with Crippen molar-refractivity contribution in [1.82, 2.24) is 4.98 Å². The van der Waals surface area contributed by atoms with E-state index < -0.39 is 11.7 Å². The first-order valence-corrected chi connectivity index (χ1v) is 6.27. The van der Waals surface area contributed by atoms with E-state index in [1.54, 1.807) is 6.20 Å². The number of alkyl halides is 3. The molecule has 1 heterocycles. The second kappa shape index (κ2) is 5.71. The molecule has 0 aliphatic rings. The lowest BCUT2D eigenvalue weighted by atomic mass is 10.2. The Morgan fingerprint density at radius 3 is 2.60 bits per heavy atom. The van der Waals surface area contributed by atoms with Crippen molar-refractivity contribution in [2.24, 2.45) is 0 Å². The normalized spacial score (nSPS) is 11.4. The number of halogens is 4. The highest BCUT2D eigenvalue weighted by molar-refractivity contribution is 6.33. The van der Waals surface area contributed by atoms with Crippen molar-refractivity contribution in [3.63, 3.8) is 0 Å². The predicted molar refractivity (Wildman–Crippen MR) is 72.8 cm³/mol. The van der Waals surface area contributed by atoms with Crippen LogP contribution in [0.25, 0.3) is 0 Å². The van der Waals surface area contributed by atoms with Gasteiger partial charge in [0.1, 0.15) is 0 Å². The van der Waals surface area contributed by atoms with Crippen LogP contribution in [0.15, 0.2) is 36.5 Å². The molecule has 1 aromatic carbocycles. The standard InChI is InChI=1S/C14H12ClF3N2/c1-9-3-2-6-19-13(9)8-20-12-5-4-10(7-11(12)15)14(16,17)18/h2-7,20H,8H2,1H3. The number of pyridine rings is 1. The zero-order chi connectivity index (χ0) is 14.8. The molecule has 2 nitrogen and oxygen atoms in total. The lowest BCUT2D eigenvalue weighted by molar-refractivity contribution is -0.137. The minimum Gasteiger partial charge on any atom is -0.378 e. The van der Waals surface area contributed by atoms with Gasteiger partial charge in [0.2, 0.25) is 0 Å². The lowest BCUT2D eigenvalue weighted by Crippen LogP contribution is -2.07. The Balaban J connectivity index is 2.13. The highest BCUT2D eigenvalue weighted by Crippen LogP contribution is 2.33. The van der Waals surface area contributed by atoms with Crippen molar-refractivity contribution in [2.75, 3.05) is 5.32 Å². The van der Waals surface area contributed by atoms with Gasteiger partial charge in [-0.2, -0.15) is 13.2 Å². The van der Waals surface area contributed by atoms with E-state index in [2.05, 4.69) is 10.3 Å². The quantitative estimate of drug-likeness (QED) is 0.890. The van der Waals surface area contributed by atoms with E-state index in [9.17, 15) is 13.2 Å². The van der Waals surface area contributed by atoms with Crippen molar-refractivity contribution < 1.29 is 13.2 Å². The number of aryl methyl sites for hydroxylation is 1. The molecule has 20 heavy (non-hydrogen) atoms. The first kappa shape index (κ1) is 14.7. The van der Waals surface area contributed by atoms with Crippen molar-refractivity contribution >= 4 is 17.3 Å². The molecular formula is C14H12ClF3N2. The van der Waals surface area contributed by atoms with Crippen LogP contribution in [0, 0.1) is 6.92 Å². The van der Waals surface area contributed by atoms with Crippen LogP contribution in [0.2, 0.25) is 5.02 Å². The van der Waals surface area contributed by atoms with Crippen molar-refractivity contribution in [2.45, 2.75) is 19.6 Å². The summed E-state index contributed by atoms with van der Waals surface area (Å²) in [5.41, 5.74) is 1.51. The maximum absolute atomic E-state index is 12.5. The minimum atomic E-state index is -4.39. The summed E-state index contributed by atoms with van der Waals surface area (Å²) in [6.07, 6.45) is -2.72. The van der Waals surface area contributed by atoms with Gasteiger partial charge in [-0.15, -0.1) is 0 Å². The predicted octanol–water partition coefficient (Wildman–Crippen LogP) is 4.67. The Kier molecular flexibility index (Phi) is 4.18. The SMILES string of the molecule is Cc1cccnc1CNc1ccc(C(F)(F)F)cc1Cl. The Morgan fingerprint density at radius 1 is 1.25 bits per heavy atom. The highest BCUT2D eigenvalue weighted by Gasteiger charge is 2.30. The van der Waals surface area contributed by atoms with Crippen molar-refractivity contribution in [1.29, 1.82) is 0 Å². The van der Waals surface area contributed by atoms with Crippen LogP contribution >= 0.6 is 11.6 Å². The topological polar surface area (TPSA) is 24.9 Å². The van der Waals surface area contributed by atoms with Crippen molar-refractivity contribution in [3.05, 3.63) is 58.4 Å². The highest BCUT2D eigenvalue weighted by atomic mass is 35.5. The second-order valence-corrected chi connectivity index (χ2v) is 4.72. The number of anilines is 1. The van der Waals surface area contributed by atoms with Gasteiger partial charge in [0.05, 0.1) is 28.5 Å². The van der Waals surface area contributed by atoms with Gasteiger partial charge < -0.3 is 5.32 Å². The van der Waals surface area contributed by atoms with Gasteiger partial charge in [0.25, 0.3) is 0 Å². The fourth-order valence-corrected chi connectivity index (χ4v) is 1.96. The summed E-state index contributed by atoms with van der Waals surface area (Å²) >= 11 is 5.86. The molecule has 1 aromatic heterocycles. The average Bonchev–Trinajstić information content (AvgIpc) is 2.38. The molecule has 106 valence electrons. The van der Waals surface area contributed by atoms with E-state index in [0.29, 0.717) is 12.2 Å². The monoisotopic (exact) mass is 300 g/mol. The van der Waals surface area contributed by atoms with E-state index in [1.807, 2.05) is 19.1 Å². The molecule has 2 rings (SSSR count). The van der Waals surface area contributed by atoms with Crippen LogP contribution in [-0.4, -0.2) is 4.98 Å². The summed E-state index contributed by atoms with van der Waals surface area (Å²) in [5, 5.41) is 3.02. The molecule has 0 radical (unpaired) electrons. The van der Waals surface area contributed by atoms with Crippen LogP contribution < -0.4 is 5.32 Å². The number of benzene rings is 1. The molecule has 0 saturated heterocycles. The third kappa shape index (κ3) is 3.42. The fourth-order valence-electron chi connectivity index (χ4n) is 1.72. The molecule has 0 spiro atoms. The Labute approximate surface area is 119 Å². The van der Waals surface area contributed by atoms with E-state index in [0.717, 1.165) is 23.4 Å². The summed E-state index contributed by atoms with van der Waals surface area (Å²) in [4.78, 5) is 4.19. The smallest absolute Gasteiger partial charge is 0.378 e. The Bertz CT molecular complexity index is 612. The molecule has 0 unspecified atom stereocenters. The number of hydrogen-bond donors (Lipinski definition) is 1. The first-order chi connectivity index (χ1) is 9.38. The number of hydrogen-bond acceptors (Lipinski definition) is 2. The molecule has 0 saturated carbocycles. The first-order valence-electron chi connectivity index (χ1n) is 5.89. The molecule has 0 aliphatic heterocycles. The molecule has 6 heteroatoms. The van der Waals surface area contributed by atoms with Crippen LogP contribution in [0.4, 0.5) is 18.9 Å². The Hall–Kier alpha value is -1.75. The second-order valence-electron chi connectivity index (χ2n) is 4.31. The van der Waals surface area contributed by atoms with Gasteiger partial charge in [-0.25, -0.2) is 0 Å². The number of nitrogens with zero attached hydrogens (tertiary/aromatic N) is 1. The van der Waals surface area contributed by atoms with Crippen LogP contribution in [0.3, 0.4) is 0 Å². The summed E-state index contributed by atoms with van der Waals surface area (Å²) < 4.78 is 37.5. The van der Waals surface area contributed by atoms with E-state index >= 15 is 0 Å². The van der Waals surface area contributed by atoms with Gasteiger partial charge in [-0.3, -0.25) is 4.98 Å². The number of rotatable bonds is 3. The number of aromatic nitrogens is 1. The third-order valence-corrected chi connectivity index (χ3v) is 3.17. The molecule has 0 fully saturated rings. The largest absolute Gasteiger partial charge is 0.416 e. The van der Waals surface area contributed by atoms with Gasteiger partial charge in [-0.05, 0) is 36.8 Å². The van der Waals surface area contributed by atoms with E-state index in [4.69, 9.17) is 11.6 Å². The van der Waals surface area contributed by atoms with Gasteiger partial charge >= 0.3 is 6.18 Å². The number of nitrogens with one attached hydrogen (secondary N) is 1. The Morgan fingerprint density at radius 2 is 2.00 bits per heavy atom. The molecule has 0 amide bonds. The fraction of sp³-hybridized carbons (Fsp3) is 0.214. The molecule has 1 N–H and O–H groups in total. The van der Waals surface area contributed by atoms with Crippen LogP contribution in [-0.2, 0) is 12.7 Å². The summed E-state index contributed by atoms with van der Waals surface area (Å²) in [5.74, 6) is 0. The van der Waals surface area contributed by atoms with Gasteiger partial charge in [0, 0.05) is 6.20 Å². The van der Waals surface area contributed by atoms with Gasteiger partial charge in [-0.1, -0.05) is 17.7 Å². The molecule has 0 aliphatic carbocycles. The molecular weight excluding hydrogens is 289 g/mol. The van der Waals surface area contributed by atoms with Crippen molar-refractivity contribution in [3.8, 4) is 0 Å². The van der Waals surface area contributed by atoms with Gasteiger partial charge in [0.15, 0.2) is 0 Å². The third-order valence-electron chi connectivity index (χ3n) is 2.86. The lowest BCUT2D eigenvalue weighted by Gasteiger charge is -2.12. The maximum Gasteiger partial charge on any atom is 0.416 e. The van der Waals surface area contributed by atoms with E-state index in [-0.39, 0.29) is 5.02 Å². The summed E-state index contributed by atoms with van der Waals surface area (Å²) in [6.45, 7) is 2.32. The molecule has 0 bridgehead atoms. The minimum absolute atomic E-state index is 0.0356. The summed E-state index contributed by atoms with van der Waals surface area (Å²) in [6, 6.07) is 6.97. The molecule has 2 aromatic rings. The maximum atomic E-state index is 12.5. The zero-order valence-corrected chi connectivity index (χ0v) is 11.4. The molecule has 0 atom stereocenters.